The molecule has 0 spiro atoms. The fourth-order valence-electron chi connectivity index (χ4n) is 2.33. The average Bonchev–Trinajstić information content (AvgIpc) is 2.78. The number of carboxylic acid groups (broad SMARTS) is 1. The Morgan fingerprint density at radius 2 is 2.24 bits per heavy atom. The van der Waals surface area contributed by atoms with Gasteiger partial charge in [0.1, 0.15) is 5.82 Å². The highest BCUT2D eigenvalue weighted by Gasteiger charge is 2.11. The van der Waals surface area contributed by atoms with Gasteiger partial charge in [0, 0.05) is 31.5 Å². The van der Waals surface area contributed by atoms with E-state index in [1.807, 2.05) is 18.2 Å². The summed E-state index contributed by atoms with van der Waals surface area (Å²) in [5, 5.41) is 9.35. The van der Waals surface area contributed by atoms with Gasteiger partial charge in [-0.2, -0.15) is 0 Å². The fourth-order valence-corrected chi connectivity index (χ4v) is 2.49. The summed E-state index contributed by atoms with van der Waals surface area (Å²) in [5.74, 6) is 0.198. The molecule has 2 rings (SSSR count). The zero-order valence-corrected chi connectivity index (χ0v) is 12.8. The summed E-state index contributed by atoms with van der Waals surface area (Å²) in [6.45, 7) is 1.31. The summed E-state index contributed by atoms with van der Waals surface area (Å²) in [6, 6.07) is 5.63. The summed E-state index contributed by atoms with van der Waals surface area (Å²) < 4.78 is 7.25. The van der Waals surface area contributed by atoms with E-state index in [4.69, 9.17) is 21.4 Å². The molecule has 0 aliphatic rings. The Bertz CT molecular complexity index is 625. The Labute approximate surface area is 128 Å². The minimum atomic E-state index is -0.755. The first-order valence-corrected chi connectivity index (χ1v) is 7.35. The SMILES string of the molecule is COCCn1c(CCCCC(=O)O)nc2ccc(Cl)cc21. The number of carbonyl (C=O) groups is 1. The fraction of sp³-hybridized carbons (Fsp3) is 0.467. The van der Waals surface area contributed by atoms with Gasteiger partial charge in [-0.1, -0.05) is 11.6 Å². The second kappa shape index (κ2) is 7.43. The molecule has 1 aromatic heterocycles. The molecule has 114 valence electrons. The molecule has 1 N–H and O–H groups in total. The molecule has 1 aromatic carbocycles. The molecule has 0 saturated heterocycles. The highest BCUT2D eigenvalue weighted by Crippen LogP contribution is 2.22. The van der Waals surface area contributed by atoms with Crippen LogP contribution < -0.4 is 0 Å². The molecule has 6 heteroatoms. The van der Waals surface area contributed by atoms with Crippen molar-refractivity contribution in [2.45, 2.75) is 32.2 Å². The van der Waals surface area contributed by atoms with Crippen molar-refractivity contribution >= 4 is 28.6 Å². The minimum absolute atomic E-state index is 0.199. The zero-order valence-electron chi connectivity index (χ0n) is 12.0. The van der Waals surface area contributed by atoms with E-state index in [-0.39, 0.29) is 6.42 Å². The summed E-state index contributed by atoms with van der Waals surface area (Å²) in [4.78, 5) is 15.2. The maximum atomic E-state index is 10.5. The first-order chi connectivity index (χ1) is 10.1. The highest BCUT2D eigenvalue weighted by atomic mass is 35.5. The van der Waals surface area contributed by atoms with E-state index >= 15 is 0 Å². The summed E-state index contributed by atoms with van der Waals surface area (Å²) in [7, 11) is 1.67. The predicted octanol–water partition coefficient (Wildman–Crippen LogP) is 3.13. The second-order valence-electron chi connectivity index (χ2n) is 4.91. The summed E-state index contributed by atoms with van der Waals surface area (Å²) in [5.41, 5.74) is 1.90. The normalized spacial score (nSPS) is 11.1. The molecule has 21 heavy (non-hydrogen) atoms. The van der Waals surface area contributed by atoms with Gasteiger partial charge < -0.3 is 14.4 Å². The molecule has 0 fully saturated rings. The van der Waals surface area contributed by atoms with E-state index in [1.54, 1.807) is 7.11 Å². The summed E-state index contributed by atoms with van der Waals surface area (Å²) in [6.07, 6.45) is 2.41. The van der Waals surface area contributed by atoms with Gasteiger partial charge >= 0.3 is 5.97 Å². The van der Waals surface area contributed by atoms with Gasteiger partial charge in [0.05, 0.1) is 17.6 Å². The lowest BCUT2D eigenvalue weighted by atomic mass is 10.2. The molecule has 0 unspecified atom stereocenters. The smallest absolute Gasteiger partial charge is 0.303 e. The van der Waals surface area contributed by atoms with Crippen molar-refractivity contribution in [1.29, 1.82) is 0 Å². The number of aromatic nitrogens is 2. The number of nitrogens with zero attached hydrogens (tertiary/aromatic N) is 2. The molecule has 0 aliphatic carbocycles. The molecular weight excluding hydrogens is 292 g/mol. The van der Waals surface area contributed by atoms with Crippen LogP contribution in [0.4, 0.5) is 0 Å². The van der Waals surface area contributed by atoms with E-state index < -0.39 is 5.97 Å². The molecule has 0 amide bonds. The quantitative estimate of drug-likeness (QED) is 0.761. The van der Waals surface area contributed by atoms with E-state index in [0.717, 1.165) is 29.7 Å². The van der Waals surface area contributed by atoms with E-state index in [9.17, 15) is 4.79 Å². The molecule has 2 aromatic rings. The molecular formula is C15H19ClN2O3. The van der Waals surface area contributed by atoms with Crippen molar-refractivity contribution in [2.24, 2.45) is 0 Å². The number of hydrogen-bond acceptors (Lipinski definition) is 3. The van der Waals surface area contributed by atoms with Crippen LogP contribution in [0.15, 0.2) is 18.2 Å². The van der Waals surface area contributed by atoms with Gasteiger partial charge in [-0.3, -0.25) is 4.79 Å². The minimum Gasteiger partial charge on any atom is -0.481 e. The van der Waals surface area contributed by atoms with Crippen molar-refractivity contribution in [1.82, 2.24) is 9.55 Å². The van der Waals surface area contributed by atoms with E-state index in [1.165, 1.54) is 0 Å². The maximum absolute atomic E-state index is 10.5. The number of methoxy groups -OCH3 is 1. The molecule has 5 nitrogen and oxygen atoms in total. The van der Waals surface area contributed by atoms with Crippen molar-refractivity contribution in [3.05, 3.63) is 29.0 Å². The third-order valence-corrected chi connectivity index (χ3v) is 3.58. The lowest BCUT2D eigenvalue weighted by molar-refractivity contribution is -0.137. The zero-order chi connectivity index (χ0) is 15.2. The van der Waals surface area contributed by atoms with Crippen LogP contribution in [-0.4, -0.2) is 34.3 Å². The topological polar surface area (TPSA) is 64.3 Å². The number of carboxylic acids is 1. The lowest BCUT2D eigenvalue weighted by Crippen LogP contribution is -2.08. The number of benzene rings is 1. The van der Waals surface area contributed by atoms with Crippen molar-refractivity contribution < 1.29 is 14.6 Å². The lowest BCUT2D eigenvalue weighted by Gasteiger charge is -2.08. The van der Waals surface area contributed by atoms with Crippen LogP contribution in [0.1, 0.15) is 25.1 Å². The monoisotopic (exact) mass is 310 g/mol. The first kappa shape index (κ1) is 15.8. The van der Waals surface area contributed by atoms with Gasteiger partial charge in [-0.25, -0.2) is 4.98 Å². The number of aliphatic carboxylic acids is 1. The van der Waals surface area contributed by atoms with Crippen molar-refractivity contribution in [2.75, 3.05) is 13.7 Å². The summed E-state index contributed by atoms with van der Waals surface area (Å²) >= 11 is 6.06. The van der Waals surface area contributed by atoms with Gasteiger partial charge in [0.2, 0.25) is 0 Å². The van der Waals surface area contributed by atoms with Crippen LogP contribution in [0.5, 0.6) is 0 Å². The first-order valence-electron chi connectivity index (χ1n) is 6.97. The Balaban J connectivity index is 2.18. The van der Waals surface area contributed by atoms with Crippen LogP contribution in [0.25, 0.3) is 11.0 Å². The number of aryl methyl sites for hydroxylation is 1. The molecule has 0 atom stereocenters. The standard InChI is InChI=1S/C15H19ClN2O3/c1-21-9-8-18-13-10-11(16)6-7-12(13)17-14(18)4-2-3-5-15(19)20/h6-7,10H,2-5,8-9H2,1H3,(H,19,20). The third-order valence-electron chi connectivity index (χ3n) is 3.35. The highest BCUT2D eigenvalue weighted by molar-refractivity contribution is 6.31. The Morgan fingerprint density at radius 3 is 2.95 bits per heavy atom. The largest absolute Gasteiger partial charge is 0.481 e. The molecule has 0 bridgehead atoms. The Kier molecular flexibility index (Phi) is 5.59. The Hall–Kier alpha value is -1.59. The van der Waals surface area contributed by atoms with E-state index in [2.05, 4.69) is 9.55 Å². The van der Waals surface area contributed by atoms with Gasteiger partial charge in [0.25, 0.3) is 0 Å². The van der Waals surface area contributed by atoms with Gasteiger partial charge in [0.15, 0.2) is 0 Å². The number of fused-ring (bicyclic) bond motifs is 1. The molecule has 0 aliphatic heterocycles. The number of imidazole rings is 1. The number of hydrogen-bond donors (Lipinski definition) is 1. The number of unbranched alkanes of at least 4 members (excludes halogenated alkanes) is 1. The van der Waals surface area contributed by atoms with Crippen LogP contribution in [0.2, 0.25) is 5.02 Å². The number of rotatable bonds is 8. The number of halogens is 1. The van der Waals surface area contributed by atoms with E-state index in [0.29, 0.717) is 24.6 Å². The van der Waals surface area contributed by atoms with Crippen LogP contribution >= 0.6 is 11.6 Å². The average molecular weight is 311 g/mol. The van der Waals surface area contributed by atoms with Gasteiger partial charge in [-0.15, -0.1) is 0 Å². The number of ether oxygens (including phenoxy) is 1. The van der Waals surface area contributed by atoms with Crippen LogP contribution in [0.3, 0.4) is 0 Å². The van der Waals surface area contributed by atoms with Crippen molar-refractivity contribution in [3.8, 4) is 0 Å². The van der Waals surface area contributed by atoms with Crippen molar-refractivity contribution in [3.63, 3.8) is 0 Å². The Morgan fingerprint density at radius 1 is 1.43 bits per heavy atom. The second-order valence-corrected chi connectivity index (χ2v) is 5.34. The third kappa shape index (κ3) is 4.19. The molecule has 0 radical (unpaired) electrons. The predicted molar refractivity (Wildman–Crippen MR) is 81.8 cm³/mol. The maximum Gasteiger partial charge on any atom is 0.303 e. The van der Waals surface area contributed by atoms with Crippen LogP contribution in [-0.2, 0) is 22.5 Å². The molecule has 0 saturated carbocycles. The van der Waals surface area contributed by atoms with Crippen LogP contribution in [0, 0.1) is 0 Å². The molecule has 1 heterocycles. The van der Waals surface area contributed by atoms with Gasteiger partial charge in [-0.05, 0) is 31.0 Å².